The molecule has 0 spiro atoms. The number of aryl methyl sites for hydroxylation is 2. The Morgan fingerprint density at radius 1 is 1.42 bits per heavy atom. The predicted octanol–water partition coefficient (Wildman–Crippen LogP) is 2.72. The summed E-state index contributed by atoms with van der Waals surface area (Å²) in [7, 11) is 0. The second kappa shape index (κ2) is 5.52. The molecule has 0 aliphatic heterocycles. The average molecular weight is 323 g/mol. The van der Waals surface area contributed by atoms with Crippen molar-refractivity contribution < 1.29 is 0 Å². The topological polar surface area (TPSA) is 70.7 Å². The van der Waals surface area contributed by atoms with Gasteiger partial charge < -0.3 is 10.3 Å². The minimum absolute atomic E-state index is 0.106. The first-order valence-corrected chi connectivity index (χ1v) is 6.73. The number of hydrogen-bond acceptors (Lipinski definition) is 4. The molecule has 2 aromatic heterocycles. The zero-order valence-corrected chi connectivity index (χ0v) is 12.6. The second-order valence-corrected chi connectivity index (χ2v) is 5.11. The minimum atomic E-state index is -0.155. The molecule has 0 fully saturated rings. The van der Waals surface area contributed by atoms with Gasteiger partial charge in [0.25, 0.3) is 5.56 Å². The normalized spacial score (nSPS) is 12.2. The van der Waals surface area contributed by atoms with E-state index in [1.807, 2.05) is 26.0 Å². The maximum atomic E-state index is 12.0. The summed E-state index contributed by atoms with van der Waals surface area (Å²) >= 11 is 3.37. The van der Waals surface area contributed by atoms with Crippen LogP contribution in [-0.4, -0.2) is 15.0 Å². The van der Waals surface area contributed by atoms with Crippen molar-refractivity contribution in [3.05, 3.63) is 50.4 Å². The molecule has 0 aliphatic carbocycles. The first-order chi connectivity index (χ1) is 8.99. The fourth-order valence-electron chi connectivity index (χ4n) is 2.04. The third-order valence-electron chi connectivity index (χ3n) is 2.83. The third kappa shape index (κ3) is 3.01. The maximum absolute atomic E-state index is 12.0. The van der Waals surface area contributed by atoms with Crippen LogP contribution in [0.15, 0.2) is 27.7 Å². The van der Waals surface area contributed by atoms with Gasteiger partial charge in [-0.15, -0.1) is 0 Å². The van der Waals surface area contributed by atoms with Gasteiger partial charge in [-0.05, 0) is 48.8 Å². The third-order valence-corrected chi connectivity index (χ3v) is 3.46. The number of nitrogens with zero attached hydrogens (tertiary/aromatic N) is 2. The average Bonchev–Trinajstić information content (AvgIpc) is 2.30. The summed E-state index contributed by atoms with van der Waals surface area (Å²) < 4.78 is 0.719. The van der Waals surface area contributed by atoms with E-state index < -0.39 is 0 Å². The summed E-state index contributed by atoms with van der Waals surface area (Å²) in [6.07, 6.45) is 1.70. The van der Waals surface area contributed by atoms with Crippen molar-refractivity contribution in [1.29, 1.82) is 0 Å². The molecule has 2 heterocycles. The van der Waals surface area contributed by atoms with Crippen LogP contribution in [0.4, 0.5) is 5.69 Å². The number of H-pyrrole nitrogens is 1. The Morgan fingerprint density at radius 3 is 2.79 bits per heavy atom. The molecule has 0 aliphatic rings. The lowest BCUT2D eigenvalue weighted by Gasteiger charge is -2.17. The standard InChI is InChI=1S/C13H15BrN4O/c1-7-11(13(19)18-9(3)16-7)8(2)17-10-5-4-6-15-12(10)14/h4-6,8,17H,1-3H3,(H,16,18,19). The SMILES string of the molecule is Cc1nc(C)c(C(C)Nc2cccnc2Br)c(=O)[nH]1. The highest BCUT2D eigenvalue weighted by Gasteiger charge is 2.15. The van der Waals surface area contributed by atoms with Crippen molar-refractivity contribution in [3.63, 3.8) is 0 Å². The van der Waals surface area contributed by atoms with Crippen LogP contribution in [0.2, 0.25) is 0 Å². The first kappa shape index (κ1) is 13.7. The molecular weight excluding hydrogens is 308 g/mol. The quantitative estimate of drug-likeness (QED) is 0.852. The van der Waals surface area contributed by atoms with Gasteiger partial charge in [0.2, 0.25) is 0 Å². The van der Waals surface area contributed by atoms with Gasteiger partial charge in [0, 0.05) is 6.20 Å². The molecule has 0 saturated carbocycles. The molecule has 2 rings (SSSR count). The summed E-state index contributed by atoms with van der Waals surface area (Å²) in [4.78, 5) is 23.2. The van der Waals surface area contributed by atoms with Gasteiger partial charge >= 0.3 is 0 Å². The van der Waals surface area contributed by atoms with E-state index in [4.69, 9.17) is 0 Å². The minimum Gasteiger partial charge on any atom is -0.376 e. The molecule has 0 amide bonds. The van der Waals surface area contributed by atoms with Crippen LogP contribution >= 0.6 is 15.9 Å². The zero-order chi connectivity index (χ0) is 14.0. The van der Waals surface area contributed by atoms with Crippen LogP contribution in [0, 0.1) is 13.8 Å². The van der Waals surface area contributed by atoms with Crippen molar-refractivity contribution in [2.75, 3.05) is 5.32 Å². The van der Waals surface area contributed by atoms with E-state index in [1.165, 1.54) is 0 Å². The Hall–Kier alpha value is -1.69. The second-order valence-electron chi connectivity index (χ2n) is 4.36. The largest absolute Gasteiger partial charge is 0.376 e. The molecule has 100 valence electrons. The molecule has 6 heteroatoms. The fourth-order valence-corrected chi connectivity index (χ4v) is 2.41. The van der Waals surface area contributed by atoms with E-state index in [0.29, 0.717) is 11.4 Å². The van der Waals surface area contributed by atoms with Gasteiger partial charge in [-0.25, -0.2) is 9.97 Å². The Kier molecular flexibility index (Phi) is 3.99. The van der Waals surface area contributed by atoms with Gasteiger partial charge in [-0.3, -0.25) is 4.79 Å². The number of aromatic nitrogens is 3. The summed E-state index contributed by atoms with van der Waals surface area (Å²) in [5.74, 6) is 0.626. The molecule has 1 unspecified atom stereocenters. The van der Waals surface area contributed by atoms with Crippen LogP contribution in [-0.2, 0) is 0 Å². The first-order valence-electron chi connectivity index (χ1n) is 5.93. The maximum Gasteiger partial charge on any atom is 0.256 e. The van der Waals surface area contributed by atoms with Crippen molar-refractivity contribution in [3.8, 4) is 0 Å². The summed E-state index contributed by atoms with van der Waals surface area (Å²) in [5.41, 5.74) is 2.11. The lowest BCUT2D eigenvalue weighted by molar-refractivity contribution is 0.812. The van der Waals surface area contributed by atoms with Gasteiger partial charge in [0.05, 0.1) is 23.0 Å². The van der Waals surface area contributed by atoms with Crippen molar-refractivity contribution >= 4 is 21.6 Å². The number of rotatable bonds is 3. The van der Waals surface area contributed by atoms with Crippen molar-refractivity contribution in [1.82, 2.24) is 15.0 Å². The lowest BCUT2D eigenvalue weighted by Crippen LogP contribution is -2.23. The van der Waals surface area contributed by atoms with E-state index in [9.17, 15) is 4.79 Å². The number of anilines is 1. The molecular formula is C13H15BrN4O. The van der Waals surface area contributed by atoms with E-state index in [1.54, 1.807) is 13.1 Å². The van der Waals surface area contributed by atoms with Gasteiger partial charge in [0.1, 0.15) is 10.4 Å². The highest BCUT2D eigenvalue weighted by Crippen LogP contribution is 2.23. The number of nitrogens with one attached hydrogen (secondary N) is 2. The van der Waals surface area contributed by atoms with Gasteiger partial charge in [-0.2, -0.15) is 0 Å². The molecule has 0 bridgehead atoms. The molecule has 2 aromatic rings. The lowest BCUT2D eigenvalue weighted by atomic mass is 10.1. The highest BCUT2D eigenvalue weighted by atomic mass is 79.9. The fraction of sp³-hybridized carbons (Fsp3) is 0.308. The van der Waals surface area contributed by atoms with Crippen LogP contribution in [0.5, 0.6) is 0 Å². The zero-order valence-electron chi connectivity index (χ0n) is 11.0. The molecule has 19 heavy (non-hydrogen) atoms. The predicted molar refractivity (Wildman–Crippen MR) is 78.3 cm³/mol. The highest BCUT2D eigenvalue weighted by molar-refractivity contribution is 9.10. The number of pyridine rings is 1. The Morgan fingerprint density at radius 2 is 2.16 bits per heavy atom. The molecule has 5 nitrogen and oxygen atoms in total. The Bertz CT molecular complexity index is 653. The van der Waals surface area contributed by atoms with Gasteiger partial charge in [-0.1, -0.05) is 0 Å². The number of halogens is 1. The summed E-state index contributed by atoms with van der Waals surface area (Å²) in [5, 5.41) is 3.26. The van der Waals surface area contributed by atoms with E-state index >= 15 is 0 Å². The van der Waals surface area contributed by atoms with Gasteiger partial charge in [0.15, 0.2) is 0 Å². The van der Waals surface area contributed by atoms with E-state index in [2.05, 4.69) is 36.2 Å². The summed E-state index contributed by atoms with van der Waals surface area (Å²) in [6, 6.07) is 3.58. The molecule has 0 saturated heterocycles. The Labute approximate surface area is 119 Å². The molecule has 0 aromatic carbocycles. The van der Waals surface area contributed by atoms with Crippen molar-refractivity contribution in [2.24, 2.45) is 0 Å². The molecule has 0 radical (unpaired) electrons. The smallest absolute Gasteiger partial charge is 0.256 e. The van der Waals surface area contributed by atoms with Crippen LogP contribution < -0.4 is 10.9 Å². The van der Waals surface area contributed by atoms with Crippen LogP contribution in [0.1, 0.15) is 30.0 Å². The van der Waals surface area contributed by atoms with E-state index in [-0.39, 0.29) is 11.6 Å². The van der Waals surface area contributed by atoms with Crippen molar-refractivity contribution in [2.45, 2.75) is 26.8 Å². The number of hydrogen-bond donors (Lipinski definition) is 2. The molecule has 1 atom stereocenters. The number of aromatic amines is 1. The monoisotopic (exact) mass is 322 g/mol. The Balaban J connectivity index is 2.33. The van der Waals surface area contributed by atoms with E-state index in [0.717, 1.165) is 16.0 Å². The van der Waals surface area contributed by atoms with Crippen LogP contribution in [0.25, 0.3) is 0 Å². The summed E-state index contributed by atoms with van der Waals surface area (Å²) in [6.45, 7) is 5.54. The van der Waals surface area contributed by atoms with Crippen LogP contribution in [0.3, 0.4) is 0 Å². The molecule has 2 N–H and O–H groups in total.